The first-order valence-electron chi connectivity index (χ1n) is 9.16. The summed E-state index contributed by atoms with van der Waals surface area (Å²) in [5.41, 5.74) is 2.73. The highest BCUT2D eigenvalue weighted by Gasteiger charge is 2.08. The van der Waals surface area contributed by atoms with Crippen LogP contribution in [0.25, 0.3) is 22.5 Å². The van der Waals surface area contributed by atoms with Crippen LogP contribution in [-0.4, -0.2) is 21.9 Å². The molecule has 0 unspecified atom stereocenters. The van der Waals surface area contributed by atoms with Crippen molar-refractivity contribution in [2.24, 2.45) is 0 Å². The third-order valence-electron chi connectivity index (χ3n) is 4.55. The molecule has 7 heteroatoms. The second-order valence-electron chi connectivity index (χ2n) is 6.66. The lowest BCUT2D eigenvalue weighted by atomic mass is 10.1. The first-order valence-corrected chi connectivity index (χ1v) is 9.16. The van der Waals surface area contributed by atoms with Crippen LogP contribution in [0.1, 0.15) is 5.56 Å². The van der Waals surface area contributed by atoms with E-state index in [-0.39, 0.29) is 17.7 Å². The molecule has 2 aromatic carbocycles. The van der Waals surface area contributed by atoms with Crippen molar-refractivity contribution in [3.63, 3.8) is 0 Å². The summed E-state index contributed by atoms with van der Waals surface area (Å²) < 4.78 is 33.5. The Kier molecular flexibility index (Phi) is 5.34. The molecule has 0 aliphatic carbocycles. The fourth-order valence-corrected chi connectivity index (χ4v) is 3.09. The van der Waals surface area contributed by atoms with Crippen LogP contribution >= 0.6 is 0 Å². The molecule has 0 saturated heterocycles. The Labute approximate surface area is 171 Å². The summed E-state index contributed by atoms with van der Waals surface area (Å²) in [6.45, 7) is 0.203. The Morgan fingerprint density at radius 3 is 2.37 bits per heavy atom. The van der Waals surface area contributed by atoms with Crippen LogP contribution in [0.2, 0.25) is 0 Å². The van der Waals surface area contributed by atoms with Crippen LogP contribution < -0.4 is 10.3 Å². The summed E-state index contributed by atoms with van der Waals surface area (Å²) in [5.74, 6) is -0.746. The van der Waals surface area contributed by atoms with Gasteiger partial charge in [-0.2, -0.15) is 5.10 Å². The van der Waals surface area contributed by atoms with E-state index in [9.17, 15) is 13.6 Å². The lowest BCUT2D eigenvalue weighted by Crippen LogP contribution is -2.22. The highest BCUT2D eigenvalue weighted by molar-refractivity contribution is 5.60. The molecule has 0 saturated carbocycles. The molecule has 2 heterocycles. The highest BCUT2D eigenvalue weighted by atomic mass is 19.1. The van der Waals surface area contributed by atoms with E-state index < -0.39 is 11.6 Å². The first-order chi connectivity index (χ1) is 14.5. The molecule has 0 radical (unpaired) electrons. The molecule has 5 nitrogen and oxygen atoms in total. The molecule has 4 aromatic rings. The lowest BCUT2D eigenvalue weighted by molar-refractivity contribution is 0.413. The maximum Gasteiger partial charge on any atom is 0.267 e. The summed E-state index contributed by atoms with van der Waals surface area (Å²) in [6.07, 6.45) is 1.63. The second-order valence-corrected chi connectivity index (χ2v) is 6.66. The second kappa shape index (κ2) is 8.24. The summed E-state index contributed by atoms with van der Waals surface area (Å²) in [7, 11) is 1.58. The molecule has 0 atom stereocenters. The molecule has 0 aliphatic rings. The summed E-state index contributed by atoms with van der Waals surface area (Å²) in [6, 6.07) is 17.2. The van der Waals surface area contributed by atoms with Gasteiger partial charge in [0.15, 0.2) is 0 Å². The maximum atomic E-state index is 13.5. The van der Waals surface area contributed by atoms with Crippen LogP contribution in [0.4, 0.5) is 8.78 Å². The SMILES string of the molecule is COc1ccc(-c2cccc(Cn3nc(-c4cc(F)cc(F)c4)ccc3=O)c2)nc1. The number of nitrogens with zero attached hydrogens (tertiary/aromatic N) is 3. The topological polar surface area (TPSA) is 57.0 Å². The van der Waals surface area contributed by atoms with Crippen molar-refractivity contribution in [3.05, 3.63) is 100 Å². The Morgan fingerprint density at radius 2 is 1.67 bits per heavy atom. The highest BCUT2D eigenvalue weighted by Crippen LogP contribution is 2.21. The van der Waals surface area contributed by atoms with E-state index in [1.807, 2.05) is 36.4 Å². The van der Waals surface area contributed by atoms with Gasteiger partial charge in [-0.05, 0) is 42.0 Å². The zero-order valence-corrected chi connectivity index (χ0v) is 16.0. The number of ether oxygens (including phenoxy) is 1. The number of benzene rings is 2. The minimum Gasteiger partial charge on any atom is -0.495 e. The van der Waals surface area contributed by atoms with E-state index in [1.54, 1.807) is 13.3 Å². The molecular formula is C23H17F2N3O2. The van der Waals surface area contributed by atoms with Crippen molar-refractivity contribution in [1.82, 2.24) is 14.8 Å². The zero-order chi connectivity index (χ0) is 21.1. The van der Waals surface area contributed by atoms with Crippen molar-refractivity contribution in [2.75, 3.05) is 7.11 Å². The molecule has 0 N–H and O–H groups in total. The molecule has 30 heavy (non-hydrogen) atoms. The fourth-order valence-electron chi connectivity index (χ4n) is 3.09. The maximum absolute atomic E-state index is 13.5. The monoisotopic (exact) mass is 405 g/mol. The number of halogens is 2. The predicted molar refractivity (Wildman–Crippen MR) is 109 cm³/mol. The number of methoxy groups -OCH3 is 1. The Hall–Kier alpha value is -3.87. The number of hydrogen-bond acceptors (Lipinski definition) is 4. The predicted octanol–water partition coefficient (Wildman–Crippen LogP) is 4.31. The van der Waals surface area contributed by atoms with Gasteiger partial charge in [0.1, 0.15) is 17.4 Å². The lowest BCUT2D eigenvalue weighted by Gasteiger charge is -2.09. The molecule has 0 amide bonds. The molecular weight excluding hydrogens is 388 g/mol. The van der Waals surface area contributed by atoms with E-state index in [2.05, 4.69) is 10.1 Å². The van der Waals surface area contributed by atoms with Gasteiger partial charge >= 0.3 is 0 Å². The van der Waals surface area contributed by atoms with Gasteiger partial charge in [0.05, 0.1) is 31.2 Å². The molecule has 0 aliphatic heterocycles. The minimum absolute atomic E-state index is 0.203. The van der Waals surface area contributed by atoms with E-state index in [0.29, 0.717) is 11.4 Å². The van der Waals surface area contributed by atoms with Gasteiger partial charge in [0.2, 0.25) is 0 Å². The number of pyridine rings is 1. The van der Waals surface area contributed by atoms with Gasteiger partial charge in [-0.25, -0.2) is 13.5 Å². The smallest absolute Gasteiger partial charge is 0.267 e. The van der Waals surface area contributed by atoms with Crippen LogP contribution in [-0.2, 0) is 6.54 Å². The van der Waals surface area contributed by atoms with Gasteiger partial charge in [0, 0.05) is 23.3 Å². The van der Waals surface area contributed by atoms with Crippen LogP contribution in [0.5, 0.6) is 5.75 Å². The van der Waals surface area contributed by atoms with Gasteiger partial charge in [-0.15, -0.1) is 0 Å². The average molecular weight is 405 g/mol. The Bertz CT molecular complexity index is 1230. The Balaban J connectivity index is 1.65. The fraction of sp³-hybridized carbons (Fsp3) is 0.0870. The average Bonchev–Trinajstić information content (AvgIpc) is 2.75. The van der Waals surface area contributed by atoms with Gasteiger partial charge in [-0.1, -0.05) is 18.2 Å². The summed E-state index contributed by atoms with van der Waals surface area (Å²) in [5, 5.41) is 4.28. The first kappa shape index (κ1) is 19.4. The molecule has 0 bridgehead atoms. The van der Waals surface area contributed by atoms with Crippen molar-refractivity contribution in [1.29, 1.82) is 0 Å². The summed E-state index contributed by atoms with van der Waals surface area (Å²) in [4.78, 5) is 16.7. The van der Waals surface area contributed by atoms with Crippen molar-refractivity contribution < 1.29 is 13.5 Å². The van der Waals surface area contributed by atoms with Gasteiger partial charge < -0.3 is 4.74 Å². The van der Waals surface area contributed by atoms with Crippen molar-refractivity contribution >= 4 is 0 Å². The molecule has 4 rings (SSSR count). The van der Waals surface area contributed by atoms with Gasteiger partial charge in [-0.3, -0.25) is 9.78 Å². The normalized spacial score (nSPS) is 10.8. The van der Waals surface area contributed by atoms with E-state index >= 15 is 0 Å². The molecule has 0 fully saturated rings. The third kappa shape index (κ3) is 4.25. The standard InChI is InChI=1S/C23H17F2N3O2/c1-30-20-5-6-21(26-13-20)16-4-2-3-15(9-16)14-28-23(29)8-7-22(27-28)17-10-18(24)12-19(25)11-17/h2-13H,14H2,1H3. The minimum atomic E-state index is -0.704. The molecule has 150 valence electrons. The van der Waals surface area contributed by atoms with Crippen LogP contribution in [0.15, 0.2) is 77.7 Å². The van der Waals surface area contributed by atoms with E-state index in [1.165, 1.54) is 28.9 Å². The number of rotatable bonds is 5. The number of hydrogen-bond donors (Lipinski definition) is 0. The summed E-state index contributed by atoms with van der Waals surface area (Å²) >= 11 is 0. The Morgan fingerprint density at radius 1 is 0.900 bits per heavy atom. The number of aromatic nitrogens is 3. The largest absolute Gasteiger partial charge is 0.495 e. The van der Waals surface area contributed by atoms with E-state index in [4.69, 9.17) is 4.74 Å². The van der Waals surface area contributed by atoms with Crippen LogP contribution in [0, 0.1) is 11.6 Å². The van der Waals surface area contributed by atoms with Crippen molar-refractivity contribution in [3.8, 4) is 28.3 Å². The van der Waals surface area contributed by atoms with E-state index in [0.717, 1.165) is 22.9 Å². The quantitative estimate of drug-likeness (QED) is 0.497. The van der Waals surface area contributed by atoms with Gasteiger partial charge in [0.25, 0.3) is 5.56 Å². The zero-order valence-electron chi connectivity index (χ0n) is 16.0. The molecule has 0 spiro atoms. The third-order valence-corrected chi connectivity index (χ3v) is 4.55. The molecule has 2 aromatic heterocycles. The van der Waals surface area contributed by atoms with Crippen molar-refractivity contribution in [2.45, 2.75) is 6.54 Å². The van der Waals surface area contributed by atoms with Crippen LogP contribution in [0.3, 0.4) is 0 Å².